The number of hydrogen-bond acceptors (Lipinski definition) is 4. The van der Waals surface area contributed by atoms with E-state index < -0.39 is 6.09 Å². The van der Waals surface area contributed by atoms with Crippen molar-refractivity contribution >= 4 is 16.9 Å². The van der Waals surface area contributed by atoms with Gasteiger partial charge in [-0.15, -0.1) is 0 Å². The number of hydrogen-bond donors (Lipinski definition) is 2. The fraction of sp³-hybridized carbons (Fsp3) is 0.267. The third kappa shape index (κ3) is 2.40. The van der Waals surface area contributed by atoms with Gasteiger partial charge in [0.15, 0.2) is 6.10 Å². The van der Waals surface area contributed by atoms with E-state index in [0.717, 1.165) is 16.3 Å². The van der Waals surface area contributed by atoms with Crippen molar-refractivity contribution in [2.75, 3.05) is 13.2 Å². The molecule has 0 radical (unpaired) electrons. The molecule has 1 fully saturated rings. The molecule has 0 aliphatic carbocycles. The van der Waals surface area contributed by atoms with Crippen LogP contribution in [0.5, 0.6) is 5.75 Å². The zero-order chi connectivity index (χ0) is 13.9. The van der Waals surface area contributed by atoms with Crippen LogP contribution in [0, 0.1) is 0 Å². The van der Waals surface area contributed by atoms with Gasteiger partial charge in [0.2, 0.25) is 0 Å². The second-order valence-corrected chi connectivity index (χ2v) is 4.64. The summed E-state index contributed by atoms with van der Waals surface area (Å²) in [6.07, 6.45) is -0.708. The molecule has 2 aromatic carbocycles. The molecule has 3 rings (SSSR count). The van der Waals surface area contributed by atoms with Gasteiger partial charge in [0.25, 0.3) is 0 Å². The number of aliphatic hydroxyl groups excluding tert-OH is 1. The van der Waals surface area contributed by atoms with Crippen molar-refractivity contribution in [1.29, 1.82) is 0 Å². The number of benzene rings is 2. The molecule has 1 saturated heterocycles. The maximum absolute atomic E-state index is 10.9. The van der Waals surface area contributed by atoms with E-state index in [-0.39, 0.29) is 19.3 Å². The van der Waals surface area contributed by atoms with Crippen LogP contribution in [0.4, 0.5) is 4.79 Å². The van der Waals surface area contributed by atoms with Crippen molar-refractivity contribution in [3.05, 3.63) is 42.0 Å². The quantitative estimate of drug-likeness (QED) is 0.891. The number of ether oxygens (including phenoxy) is 2. The second-order valence-electron chi connectivity index (χ2n) is 4.64. The topological polar surface area (TPSA) is 67.8 Å². The minimum atomic E-state index is -0.417. The summed E-state index contributed by atoms with van der Waals surface area (Å²) in [7, 11) is 0. The smallest absolute Gasteiger partial charge is 0.407 e. The maximum atomic E-state index is 10.9. The van der Waals surface area contributed by atoms with Gasteiger partial charge >= 0.3 is 6.09 Å². The molecule has 20 heavy (non-hydrogen) atoms. The van der Waals surface area contributed by atoms with Crippen LogP contribution in [0.2, 0.25) is 0 Å². The lowest BCUT2D eigenvalue weighted by atomic mass is 10.0. The van der Waals surface area contributed by atoms with E-state index in [0.29, 0.717) is 12.3 Å². The molecule has 0 aromatic heterocycles. The average molecular weight is 273 g/mol. The molecular formula is C15H15NO4. The fourth-order valence-corrected chi connectivity index (χ4v) is 2.32. The Kier molecular flexibility index (Phi) is 3.43. The van der Waals surface area contributed by atoms with Crippen LogP contribution in [-0.4, -0.2) is 30.5 Å². The molecule has 2 N–H and O–H groups in total. The molecule has 0 saturated carbocycles. The molecule has 1 heterocycles. The highest BCUT2D eigenvalue weighted by molar-refractivity contribution is 5.87. The van der Waals surface area contributed by atoms with E-state index in [1.165, 1.54) is 0 Å². The Hall–Kier alpha value is -2.27. The van der Waals surface area contributed by atoms with Gasteiger partial charge in [-0.2, -0.15) is 0 Å². The number of fused-ring (bicyclic) bond motifs is 1. The predicted octanol–water partition coefficient (Wildman–Crippen LogP) is 1.82. The molecule has 5 heteroatoms. The van der Waals surface area contributed by atoms with Crippen molar-refractivity contribution in [1.82, 2.24) is 5.32 Å². The minimum Gasteiger partial charge on any atom is -0.489 e. The summed E-state index contributed by atoms with van der Waals surface area (Å²) >= 11 is 0. The van der Waals surface area contributed by atoms with Crippen LogP contribution in [-0.2, 0) is 11.3 Å². The Labute approximate surface area is 116 Å². The molecule has 5 nitrogen and oxygen atoms in total. The van der Waals surface area contributed by atoms with E-state index in [2.05, 4.69) is 5.32 Å². The highest BCUT2D eigenvalue weighted by atomic mass is 16.6. The Morgan fingerprint density at radius 3 is 2.90 bits per heavy atom. The van der Waals surface area contributed by atoms with Gasteiger partial charge in [0.05, 0.1) is 13.2 Å². The SMILES string of the molecule is O=C1NCC(COc2ccc3ccccc3c2CO)O1. The summed E-state index contributed by atoms with van der Waals surface area (Å²) in [5.41, 5.74) is 0.750. The number of alkyl carbamates (subject to hydrolysis) is 1. The van der Waals surface area contributed by atoms with Gasteiger partial charge < -0.3 is 19.9 Å². The number of carbonyl (C=O) groups excluding carboxylic acids is 1. The first-order chi connectivity index (χ1) is 9.78. The van der Waals surface area contributed by atoms with E-state index in [9.17, 15) is 9.90 Å². The van der Waals surface area contributed by atoms with Crippen LogP contribution in [0.25, 0.3) is 10.8 Å². The summed E-state index contributed by atoms with van der Waals surface area (Å²) < 4.78 is 10.7. The third-order valence-corrected chi connectivity index (χ3v) is 3.33. The summed E-state index contributed by atoms with van der Waals surface area (Å²) in [6.45, 7) is 0.615. The Morgan fingerprint density at radius 1 is 1.30 bits per heavy atom. The number of aliphatic hydroxyl groups is 1. The minimum absolute atomic E-state index is 0.0978. The lowest BCUT2D eigenvalue weighted by Crippen LogP contribution is -2.22. The maximum Gasteiger partial charge on any atom is 0.407 e. The van der Waals surface area contributed by atoms with Crippen LogP contribution < -0.4 is 10.1 Å². The predicted molar refractivity (Wildman–Crippen MR) is 73.6 cm³/mol. The normalized spacial score (nSPS) is 17.9. The number of carbonyl (C=O) groups is 1. The van der Waals surface area contributed by atoms with Crippen LogP contribution in [0.3, 0.4) is 0 Å². The summed E-state index contributed by atoms with van der Waals surface area (Å²) in [4.78, 5) is 10.9. The fourth-order valence-electron chi connectivity index (χ4n) is 2.32. The summed E-state index contributed by atoms with van der Waals surface area (Å²) in [6, 6.07) is 11.6. The van der Waals surface area contributed by atoms with E-state index in [1.807, 2.05) is 36.4 Å². The van der Waals surface area contributed by atoms with Crippen LogP contribution >= 0.6 is 0 Å². The molecule has 1 atom stereocenters. The molecule has 2 aromatic rings. The van der Waals surface area contributed by atoms with Crippen molar-refractivity contribution in [2.24, 2.45) is 0 Å². The Balaban J connectivity index is 1.82. The molecule has 1 aliphatic rings. The highest BCUT2D eigenvalue weighted by Gasteiger charge is 2.23. The lowest BCUT2D eigenvalue weighted by molar-refractivity contribution is 0.104. The van der Waals surface area contributed by atoms with Crippen LogP contribution in [0.1, 0.15) is 5.56 Å². The van der Waals surface area contributed by atoms with E-state index in [4.69, 9.17) is 9.47 Å². The number of nitrogens with one attached hydrogen (secondary N) is 1. The first kappa shape index (κ1) is 12.7. The number of cyclic esters (lactones) is 1. The second kappa shape index (κ2) is 5.38. The van der Waals surface area contributed by atoms with Gasteiger partial charge in [-0.1, -0.05) is 30.3 Å². The molecule has 0 spiro atoms. The van der Waals surface area contributed by atoms with Gasteiger partial charge in [-0.3, -0.25) is 0 Å². The Bertz CT molecular complexity index is 641. The summed E-state index contributed by atoms with van der Waals surface area (Å²) in [5, 5.41) is 14.2. The monoisotopic (exact) mass is 273 g/mol. The van der Waals surface area contributed by atoms with Gasteiger partial charge in [0.1, 0.15) is 12.4 Å². The van der Waals surface area contributed by atoms with Crippen LogP contribution in [0.15, 0.2) is 36.4 Å². The zero-order valence-electron chi connectivity index (χ0n) is 10.8. The van der Waals surface area contributed by atoms with Gasteiger partial charge in [-0.25, -0.2) is 4.79 Å². The van der Waals surface area contributed by atoms with Gasteiger partial charge in [0, 0.05) is 5.56 Å². The zero-order valence-corrected chi connectivity index (χ0v) is 10.8. The molecule has 1 amide bonds. The highest BCUT2D eigenvalue weighted by Crippen LogP contribution is 2.28. The van der Waals surface area contributed by atoms with Crippen molar-refractivity contribution in [3.63, 3.8) is 0 Å². The molecule has 0 bridgehead atoms. The number of rotatable bonds is 4. The summed E-state index contributed by atoms with van der Waals surface area (Å²) in [5.74, 6) is 0.620. The first-order valence-corrected chi connectivity index (χ1v) is 6.46. The van der Waals surface area contributed by atoms with Crippen molar-refractivity contribution < 1.29 is 19.4 Å². The molecule has 1 aliphatic heterocycles. The van der Waals surface area contributed by atoms with E-state index in [1.54, 1.807) is 0 Å². The number of amides is 1. The Morgan fingerprint density at radius 2 is 2.15 bits per heavy atom. The molecular weight excluding hydrogens is 258 g/mol. The average Bonchev–Trinajstić information content (AvgIpc) is 2.90. The van der Waals surface area contributed by atoms with Crippen molar-refractivity contribution in [3.8, 4) is 5.75 Å². The molecule has 1 unspecified atom stereocenters. The van der Waals surface area contributed by atoms with E-state index >= 15 is 0 Å². The van der Waals surface area contributed by atoms with Crippen molar-refractivity contribution in [2.45, 2.75) is 12.7 Å². The largest absolute Gasteiger partial charge is 0.489 e. The third-order valence-electron chi connectivity index (χ3n) is 3.33. The standard InChI is InChI=1S/C15H15NO4/c17-8-13-12-4-2-1-3-10(12)5-6-14(13)19-9-11-7-16-15(18)20-11/h1-6,11,17H,7-9H2,(H,16,18). The lowest BCUT2D eigenvalue weighted by Gasteiger charge is -2.14. The first-order valence-electron chi connectivity index (χ1n) is 6.46. The van der Waals surface area contributed by atoms with Gasteiger partial charge in [-0.05, 0) is 16.8 Å². The molecule has 104 valence electrons.